The van der Waals surface area contributed by atoms with Crippen molar-refractivity contribution in [3.05, 3.63) is 29.3 Å². The van der Waals surface area contributed by atoms with Crippen LogP contribution in [0.25, 0.3) is 0 Å². The summed E-state index contributed by atoms with van der Waals surface area (Å²) in [6.45, 7) is 9.08. The van der Waals surface area contributed by atoms with E-state index in [9.17, 15) is 10.2 Å². The molecule has 124 valence electrons. The number of piperidine rings is 1. The summed E-state index contributed by atoms with van der Waals surface area (Å²) >= 11 is 0. The number of ether oxygens (including phenoxy) is 1. The number of aliphatic hydroxyl groups is 2. The molecule has 1 saturated heterocycles. The number of nitrogens with zero attached hydrogens (tertiary/aromatic N) is 1. The van der Waals surface area contributed by atoms with Gasteiger partial charge in [0.2, 0.25) is 0 Å². The minimum absolute atomic E-state index is 0.0358. The molecule has 2 atom stereocenters. The van der Waals surface area contributed by atoms with Crippen molar-refractivity contribution in [1.29, 1.82) is 0 Å². The van der Waals surface area contributed by atoms with E-state index in [1.807, 2.05) is 26.0 Å². The molecule has 22 heavy (non-hydrogen) atoms. The van der Waals surface area contributed by atoms with Crippen LogP contribution in [-0.4, -0.2) is 54.1 Å². The highest BCUT2D eigenvalue weighted by molar-refractivity contribution is 5.35. The van der Waals surface area contributed by atoms with Crippen LogP contribution >= 0.6 is 0 Å². The zero-order chi connectivity index (χ0) is 16.2. The maximum Gasteiger partial charge on any atom is 0.122 e. The standard InChI is InChI=1S/C18H29NO3/c1-14-5-6-15(2)17(9-14)22-11-16(21)10-19-8-4-7-18(3,12-19)13-20/h5-6,9,16,20-21H,4,7-8,10-13H2,1-3H3. The molecule has 4 heteroatoms. The van der Waals surface area contributed by atoms with Crippen LogP contribution in [0.3, 0.4) is 0 Å². The molecule has 4 nitrogen and oxygen atoms in total. The van der Waals surface area contributed by atoms with Crippen LogP contribution in [-0.2, 0) is 0 Å². The quantitative estimate of drug-likeness (QED) is 0.845. The van der Waals surface area contributed by atoms with E-state index in [1.165, 1.54) is 0 Å². The van der Waals surface area contributed by atoms with Gasteiger partial charge in [-0.15, -0.1) is 0 Å². The first kappa shape index (κ1) is 17.3. The third-order valence-corrected chi connectivity index (χ3v) is 4.49. The zero-order valence-corrected chi connectivity index (χ0v) is 14.0. The van der Waals surface area contributed by atoms with Gasteiger partial charge in [0.15, 0.2) is 0 Å². The Labute approximate surface area is 133 Å². The summed E-state index contributed by atoms with van der Waals surface area (Å²) in [6, 6.07) is 6.10. The number of hydrogen-bond acceptors (Lipinski definition) is 4. The Kier molecular flexibility index (Phi) is 5.84. The molecular weight excluding hydrogens is 278 g/mol. The summed E-state index contributed by atoms with van der Waals surface area (Å²) in [4.78, 5) is 2.23. The summed E-state index contributed by atoms with van der Waals surface area (Å²) < 4.78 is 5.77. The van der Waals surface area contributed by atoms with E-state index in [1.54, 1.807) is 0 Å². The number of benzene rings is 1. The highest BCUT2D eigenvalue weighted by atomic mass is 16.5. The molecule has 0 aliphatic carbocycles. The first-order valence-electron chi connectivity index (χ1n) is 8.13. The molecule has 0 aromatic heterocycles. The van der Waals surface area contributed by atoms with Crippen molar-refractivity contribution in [3.8, 4) is 5.75 Å². The van der Waals surface area contributed by atoms with Crippen LogP contribution in [0.4, 0.5) is 0 Å². The summed E-state index contributed by atoms with van der Waals surface area (Å²) in [7, 11) is 0. The van der Waals surface area contributed by atoms with Gasteiger partial charge in [-0.25, -0.2) is 0 Å². The molecule has 2 N–H and O–H groups in total. The number of likely N-dealkylation sites (tertiary alicyclic amines) is 1. The van der Waals surface area contributed by atoms with Gasteiger partial charge >= 0.3 is 0 Å². The SMILES string of the molecule is Cc1ccc(C)c(OCC(O)CN2CCCC(C)(CO)C2)c1. The van der Waals surface area contributed by atoms with Crippen LogP contribution < -0.4 is 4.74 Å². The number of rotatable bonds is 6. The predicted octanol–water partition coefficient (Wildman–Crippen LogP) is 2.14. The third kappa shape index (κ3) is 4.70. The van der Waals surface area contributed by atoms with Crippen molar-refractivity contribution >= 4 is 0 Å². The molecule has 1 aromatic rings. The van der Waals surface area contributed by atoms with E-state index in [4.69, 9.17) is 4.74 Å². The van der Waals surface area contributed by atoms with Crippen LogP contribution in [0, 0.1) is 19.3 Å². The lowest BCUT2D eigenvalue weighted by atomic mass is 9.83. The molecule has 0 saturated carbocycles. The van der Waals surface area contributed by atoms with Gasteiger partial charge in [-0.1, -0.05) is 19.1 Å². The third-order valence-electron chi connectivity index (χ3n) is 4.49. The molecule has 1 aromatic carbocycles. The molecule has 1 heterocycles. The first-order chi connectivity index (χ1) is 10.4. The Morgan fingerprint density at radius 1 is 1.36 bits per heavy atom. The van der Waals surface area contributed by atoms with Gasteiger partial charge < -0.3 is 19.8 Å². The van der Waals surface area contributed by atoms with Crippen LogP contribution in [0.2, 0.25) is 0 Å². The van der Waals surface area contributed by atoms with Gasteiger partial charge in [-0.2, -0.15) is 0 Å². The second-order valence-corrected chi connectivity index (χ2v) is 7.04. The van der Waals surface area contributed by atoms with Crippen molar-refractivity contribution in [1.82, 2.24) is 4.90 Å². The predicted molar refractivity (Wildman–Crippen MR) is 88.3 cm³/mol. The lowest BCUT2D eigenvalue weighted by Gasteiger charge is -2.40. The molecule has 0 amide bonds. The highest BCUT2D eigenvalue weighted by Gasteiger charge is 2.31. The van der Waals surface area contributed by atoms with Crippen molar-refractivity contribution < 1.29 is 14.9 Å². The van der Waals surface area contributed by atoms with Crippen LogP contribution in [0.15, 0.2) is 18.2 Å². The van der Waals surface area contributed by atoms with Gasteiger partial charge in [0.25, 0.3) is 0 Å². The molecule has 1 aliphatic heterocycles. The summed E-state index contributed by atoms with van der Waals surface area (Å²) in [5, 5.41) is 19.7. The van der Waals surface area contributed by atoms with E-state index in [0.29, 0.717) is 13.2 Å². The van der Waals surface area contributed by atoms with E-state index >= 15 is 0 Å². The van der Waals surface area contributed by atoms with E-state index in [2.05, 4.69) is 17.9 Å². The maximum atomic E-state index is 10.2. The first-order valence-corrected chi connectivity index (χ1v) is 8.13. The highest BCUT2D eigenvalue weighted by Crippen LogP contribution is 2.28. The van der Waals surface area contributed by atoms with Gasteiger partial charge in [-0.3, -0.25) is 0 Å². The van der Waals surface area contributed by atoms with Crippen LogP contribution in [0.5, 0.6) is 5.75 Å². The minimum atomic E-state index is -0.513. The van der Waals surface area contributed by atoms with Gasteiger partial charge in [-0.05, 0) is 50.4 Å². The number of aryl methyl sites for hydroxylation is 2. The molecular formula is C18H29NO3. The molecule has 2 unspecified atom stereocenters. The van der Waals surface area contributed by atoms with E-state index in [-0.39, 0.29) is 12.0 Å². The fourth-order valence-electron chi connectivity index (χ4n) is 3.11. The smallest absolute Gasteiger partial charge is 0.122 e. The van der Waals surface area contributed by atoms with Crippen molar-refractivity contribution in [2.24, 2.45) is 5.41 Å². The second-order valence-electron chi connectivity index (χ2n) is 7.04. The molecule has 0 spiro atoms. The Hall–Kier alpha value is -1.10. The molecule has 1 aliphatic rings. The molecule has 1 fully saturated rings. The van der Waals surface area contributed by atoms with E-state index < -0.39 is 6.10 Å². The number of β-amino-alcohol motifs (C(OH)–C–C–N with tert-alkyl or cyclic N) is 1. The van der Waals surface area contributed by atoms with Crippen molar-refractivity contribution in [2.75, 3.05) is 32.8 Å². The average Bonchev–Trinajstić information content (AvgIpc) is 2.48. The van der Waals surface area contributed by atoms with Gasteiger partial charge in [0.05, 0.1) is 0 Å². The largest absolute Gasteiger partial charge is 0.491 e. The Balaban J connectivity index is 1.83. The topological polar surface area (TPSA) is 52.9 Å². The monoisotopic (exact) mass is 307 g/mol. The van der Waals surface area contributed by atoms with Gasteiger partial charge in [0.1, 0.15) is 18.5 Å². The van der Waals surface area contributed by atoms with Gasteiger partial charge in [0, 0.05) is 25.1 Å². The second kappa shape index (κ2) is 7.44. The molecule has 2 rings (SSSR count). The number of aliphatic hydroxyl groups excluding tert-OH is 2. The zero-order valence-electron chi connectivity index (χ0n) is 14.0. The Bertz CT molecular complexity index is 491. The average molecular weight is 307 g/mol. The summed E-state index contributed by atoms with van der Waals surface area (Å²) in [6.07, 6.45) is 1.61. The maximum absolute atomic E-state index is 10.2. The minimum Gasteiger partial charge on any atom is -0.491 e. The summed E-state index contributed by atoms with van der Waals surface area (Å²) in [5.74, 6) is 0.845. The fraction of sp³-hybridized carbons (Fsp3) is 0.667. The van der Waals surface area contributed by atoms with Crippen molar-refractivity contribution in [3.63, 3.8) is 0 Å². The molecule has 0 bridgehead atoms. The number of hydrogen-bond donors (Lipinski definition) is 2. The summed E-state index contributed by atoms with van der Waals surface area (Å²) in [5.41, 5.74) is 2.21. The lowest BCUT2D eigenvalue weighted by molar-refractivity contribution is 0.00998. The van der Waals surface area contributed by atoms with Crippen molar-refractivity contribution in [2.45, 2.75) is 39.7 Å². The normalized spacial score (nSPS) is 24.2. The van der Waals surface area contributed by atoms with Crippen LogP contribution in [0.1, 0.15) is 30.9 Å². The lowest BCUT2D eigenvalue weighted by Crippen LogP contribution is -2.47. The fourth-order valence-corrected chi connectivity index (χ4v) is 3.11. The Morgan fingerprint density at radius 3 is 2.86 bits per heavy atom. The molecule has 0 radical (unpaired) electrons. The van der Waals surface area contributed by atoms with E-state index in [0.717, 1.165) is 42.8 Å². The Morgan fingerprint density at radius 2 is 2.14 bits per heavy atom.